The van der Waals surface area contributed by atoms with Gasteiger partial charge in [-0.3, -0.25) is 0 Å². The minimum Gasteiger partial charge on any atom is -0.465 e. The van der Waals surface area contributed by atoms with E-state index in [2.05, 4.69) is 24.3 Å². The Balaban J connectivity index is 1.51. The van der Waals surface area contributed by atoms with Crippen LogP contribution in [-0.4, -0.2) is 39.4 Å². The van der Waals surface area contributed by atoms with E-state index >= 15 is 0 Å². The predicted molar refractivity (Wildman–Crippen MR) is 147 cm³/mol. The monoisotopic (exact) mass is 506 g/mol. The fourth-order valence-corrected chi connectivity index (χ4v) is 5.35. The molecule has 38 heavy (non-hydrogen) atoms. The van der Waals surface area contributed by atoms with Crippen LogP contribution in [0.3, 0.4) is 0 Å². The molecule has 0 bridgehead atoms. The molecule has 0 spiro atoms. The average molecular weight is 507 g/mol. The van der Waals surface area contributed by atoms with Gasteiger partial charge in [0.2, 0.25) is 0 Å². The third kappa shape index (κ3) is 4.98. The summed E-state index contributed by atoms with van der Waals surface area (Å²) in [4.78, 5) is 25.0. The van der Waals surface area contributed by atoms with Crippen LogP contribution in [0.25, 0.3) is 22.3 Å². The molecule has 5 heteroatoms. The Morgan fingerprint density at radius 2 is 0.974 bits per heavy atom. The van der Waals surface area contributed by atoms with Crippen molar-refractivity contribution in [3.63, 3.8) is 0 Å². The van der Waals surface area contributed by atoms with Crippen molar-refractivity contribution in [1.29, 1.82) is 0 Å². The summed E-state index contributed by atoms with van der Waals surface area (Å²) >= 11 is 0. The first-order valence-electron chi connectivity index (χ1n) is 12.6. The van der Waals surface area contributed by atoms with Gasteiger partial charge in [0.25, 0.3) is 0 Å². The number of hydrogen-bond acceptors (Lipinski definition) is 5. The molecule has 0 saturated carbocycles. The Kier molecular flexibility index (Phi) is 7.38. The summed E-state index contributed by atoms with van der Waals surface area (Å²) in [7, 11) is 2.81. The number of carbonyl (C=O) groups is 2. The predicted octanol–water partition coefficient (Wildman–Crippen LogP) is 6.40. The van der Waals surface area contributed by atoms with Crippen LogP contribution < -0.4 is 0 Å². The van der Waals surface area contributed by atoms with Gasteiger partial charge in [0.05, 0.1) is 38.6 Å². The molecule has 5 rings (SSSR count). The van der Waals surface area contributed by atoms with Crippen molar-refractivity contribution in [2.75, 3.05) is 27.4 Å². The molecule has 1 aliphatic heterocycles. The van der Waals surface area contributed by atoms with Gasteiger partial charge in [-0.2, -0.15) is 0 Å². The van der Waals surface area contributed by atoms with Crippen LogP contribution in [-0.2, 0) is 27.1 Å². The molecule has 0 aliphatic carbocycles. The molecule has 0 radical (unpaired) electrons. The molecule has 0 unspecified atom stereocenters. The molecular weight excluding hydrogens is 476 g/mol. The Bertz CT molecular complexity index is 1360. The molecule has 4 aromatic rings. The van der Waals surface area contributed by atoms with Gasteiger partial charge in [0, 0.05) is 5.41 Å². The quantitative estimate of drug-likeness (QED) is 0.259. The largest absolute Gasteiger partial charge is 0.465 e. The lowest BCUT2D eigenvalue weighted by molar-refractivity contribution is -0.112. The summed E-state index contributed by atoms with van der Waals surface area (Å²) in [6.07, 6.45) is 1.57. The average Bonchev–Trinajstić information content (AvgIpc) is 2.95. The van der Waals surface area contributed by atoms with Gasteiger partial charge in [0.15, 0.2) is 0 Å². The SMILES string of the molecule is COC(=O)c1ccccc1-c1ccccc1CC1(Cc2ccccc2-c2ccccc2C(=O)OC)COC1. The molecule has 4 aromatic carbocycles. The maximum Gasteiger partial charge on any atom is 0.338 e. The maximum absolute atomic E-state index is 12.5. The van der Waals surface area contributed by atoms with Gasteiger partial charge in [-0.15, -0.1) is 0 Å². The first-order chi connectivity index (χ1) is 18.5. The fraction of sp³-hybridized carbons (Fsp3) is 0.212. The van der Waals surface area contributed by atoms with Crippen LogP contribution in [0.1, 0.15) is 31.8 Å². The lowest BCUT2D eigenvalue weighted by atomic mass is 9.72. The van der Waals surface area contributed by atoms with E-state index in [1.807, 2.05) is 60.7 Å². The number of hydrogen-bond donors (Lipinski definition) is 0. The molecule has 1 fully saturated rings. The van der Waals surface area contributed by atoms with Crippen molar-refractivity contribution in [2.45, 2.75) is 12.8 Å². The number of benzene rings is 4. The minimum atomic E-state index is -0.352. The fourth-order valence-electron chi connectivity index (χ4n) is 5.35. The topological polar surface area (TPSA) is 61.8 Å². The zero-order valence-corrected chi connectivity index (χ0v) is 21.6. The van der Waals surface area contributed by atoms with Crippen LogP contribution in [0.2, 0.25) is 0 Å². The lowest BCUT2D eigenvalue weighted by Crippen LogP contribution is -2.46. The van der Waals surface area contributed by atoms with E-state index < -0.39 is 0 Å². The van der Waals surface area contributed by atoms with Crippen molar-refractivity contribution < 1.29 is 23.8 Å². The van der Waals surface area contributed by atoms with Crippen molar-refractivity contribution in [2.24, 2.45) is 5.41 Å². The lowest BCUT2D eigenvalue weighted by Gasteiger charge is -2.43. The Morgan fingerprint density at radius 3 is 1.34 bits per heavy atom. The molecule has 1 aliphatic rings. The second kappa shape index (κ2) is 11.0. The molecule has 1 heterocycles. The summed E-state index contributed by atoms with van der Waals surface area (Å²) in [5.74, 6) is -0.703. The summed E-state index contributed by atoms with van der Waals surface area (Å²) in [6, 6.07) is 31.6. The van der Waals surface area contributed by atoms with E-state index in [0.29, 0.717) is 24.3 Å². The summed E-state index contributed by atoms with van der Waals surface area (Å²) in [6.45, 7) is 1.26. The van der Waals surface area contributed by atoms with Gasteiger partial charge in [-0.1, -0.05) is 84.9 Å². The zero-order chi connectivity index (χ0) is 26.5. The van der Waals surface area contributed by atoms with Crippen LogP contribution >= 0.6 is 0 Å². The van der Waals surface area contributed by atoms with Crippen molar-refractivity contribution in [3.8, 4) is 22.3 Å². The van der Waals surface area contributed by atoms with Crippen LogP contribution in [0.5, 0.6) is 0 Å². The number of methoxy groups -OCH3 is 2. The van der Waals surface area contributed by atoms with Crippen molar-refractivity contribution in [3.05, 3.63) is 119 Å². The van der Waals surface area contributed by atoms with Crippen LogP contribution in [0.4, 0.5) is 0 Å². The number of carbonyl (C=O) groups excluding carboxylic acids is 2. The van der Waals surface area contributed by atoms with Crippen LogP contribution in [0, 0.1) is 5.41 Å². The van der Waals surface area contributed by atoms with E-state index in [-0.39, 0.29) is 17.4 Å². The smallest absolute Gasteiger partial charge is 0.338 e. The molecule has 0 atom stereocenters. The standard InChI is InChI=1S/C33H30O5/c1-36-31(34)29-17-9-7-15-27(29)25-13-5-3-11-23(25)19-33(21-38-22-33)20-24-12-4-6-14-26(24)28-16-8-10-18-30(28)32(35)37-2/h3-18H,19-22H2,1-2H3. The second-order valence-corrected chi connectivity index (χ2v) is 9.73. The Morgan fingerprint density at radius 1 is 0.605 bits per heavy atom. The molecule has 1 saturated heterocycles. The highest BCUT2D eigenvalue weighted by molar-refractivity contribution is 5.98. The van der Waals surface area contributed by atoms with E-state index in [9.17, 15) is 9.59 Å². The van der Waals surface area contributed by atoms with E-state index in [0.717, 1.165) is 46.2 Å². The Hall–Kier alpha value is -4.22. The number of rotatable bonds is 8. The third-order valence-corrected chi connectivity index (χ3v) is 7.23. The first-order valence-corrected chi connectivity index (χ1v) is 12.6. The van der Waals surface area contributed by atoms with Crippen molar-refractivity contribution in [1.82, 2.24) is 0 Å². The third-order valence-electron chi connectivity index (χ3n) is 7.23. The molecule has 5 nitrogen and oxygen atoms in total. The first kappa shape index (κ1) is 25.4. The van der Waals surface area contributed by atoms with Gasteiger partial charge >= 0.3 is 11.9 Å². The van der Waals surface area contributed by atoms with Gasteiger partial charge < -0.3 is 14.2 Å². The van der Waals surface area contributed by atoms with Crippen molar-refractivity contribution >= 4 is 11.9 Å². The Labute approximate surface area is 223 Å². The zero-order valence-electron chi connectivity index (χ0n) is 21.6. The molecular formula is C33H30O5. The van der Waals surface area contributed by atoms with Gasteiger partial charge in [0.1, 0.15) is 0 Å². The van der Waals surface area contributed by atoms with E-state index in [1.54, 1.807) is 12.1 Å². The second-order valence-electron chi connectivity index (χ2n) is 9.73. The summed E-state index contributed by atoms with van der Waals surface area (Å²) in [5.41, 5.74) is 7.03. The summed E-state index contributed by atoms with van der Waals surface area (Å²) in [5, 5.41) is 0. The van der Waals surface area contributed by atoms with Gasteiger partial charge in [-0.05, 0) is 58.4 Å². The molecule has 0 N–H and O–H groups in total. The molecule has 192 valence electrons. The van der Waals surface area contributed by atoms with Crippen LogP contribution in [0.15, 0.2) is 97.1 Å². The van der Waals surface area contributed by atoms with Gasteiger partial charge in [-0.25, -0.2) is 9.59 Å². The highest BCUT2D eigenvalue weighted by atomic mass is 16.5. The minimum absolute atomic E-state index is 0.118. The number of esters is 2. The summed E-state index contributed by atoms with van der Waals surface area (Å²) < 4.78 is 15.9. The molecule has 0 aromatic heterocycles. The highest BCUT2D eigenvalue weighted by Crippen LogP contribution is 2.41. The number of ether oxygens (including phenoxy) is 3. The van der Waals surface area contributed by atoms with E-state index in [4.69, 9.17) is 14.2 Å². The van der Waals surface area contributed by atoms with E-state index in [1.165, 1.54) is 14.2 Å². The normalized spacial score (nSPS) is 13.8. The highest BCUT2D eigenvalue weighted by Gasteiger charge is 2.40. The molecule has 0 amide bonds. The maximum atomic E-state index is 12.5.